The third kappa shape index (κ3) is 5.14. The first-order chi connectivity index (χ1) is 15.4. The van der Waals surface area contributed by atoms with E-state index in [0.717, 1.165) is 10.7 Å². The summed E-state index contributed by atoms with van der Waals surface area (Å²) in [5.74, 6) is -1.63. The summed E-state index contributed by atoms with van der Waals surface area (Å²) in [5, 5.41) is 14.5. The van der Waals surface area contributed by atoms with E-state index in [2.05, 4.69) is 15.3 Å². The SMILES string of the molecule is CC1(O)CCCC1n1c(=O)ccc2cnc(NC3CCN(S(=O)(=O)CC(F)(F)F)CC3)nc21. The van der Waals surface area contributed by atoms with Gasteiger partial charge in [-0.2, -0.15) is 18.2 Å². The second-order valence-corrected chi connectivity index (χ2v) is 10.9. The second-order valence-electron chi connectivity index (χ2n) is 8.97. The van der Waals surface area contributed by atoms with Crippen molar-refractivity contribution in [1.29, 1.82) is 0 Å². The minimum absolute atomic E-state index is 0.0424. The number of aliphatic hydroxyl groups is 1. The second kappa shape index (κ2) is 8.51. The molecule has 0 amide bonds. The Kier molecular flexibility index (Phi) is 6.16. The summed E-state index contributed by atoms with van der Waals surface area (Å²) in [5.41, 5.74) is -0.925. The number of piperidine rings is 1. The molecule has 2 aromatic heterocycles. The third-order valence-electron chi connectivity index (χ3n) is 6.38. The first kappa shape index (κ1) is 23.9. The van der Waals surface area contributed by atoms with E-state index in [9.17, 15) is 31.5 Å². The molecule has 33 heavy (non-hydrogen) atoms. The minimum Gasteiger partial charge on any atom is -0.388 e. The van der Waals surface area contributed by atoms with Gasteiger partial charge in [0.2, 0.25) is 16.0 Å². The van der Waals surface area contributed by atoms with Gasteiger partial charge in [-0.15, -0.1) is 0 Å². The molecule has 2 aliphatic rings. The Morgan fingerprint density at radius 1 is 1.24 bits per heavy atom. The number of nitrogens with zero attached hydrogens (tertiary/aromatic N) is 4. The van der Waals surface area contributed by atoms with Crippen LogP contribution in [0.4, 0.5) is 19.1 Å². The molecular formula is C20H26F3N5O4S. The van der Waals surface area contributed by atoms with Crippen molar-refractivity contribution in [3.8, 4) is 0 Å². The normalized spacial score (nSPS) is 25.5. The van der Waals surface area contributed by atoms with Crippen LogP contribution in [0.25, 0.3) is 11.0 Å². The number of hydrogen-bond acceptors (Lipinski definition) is 7. The van der Waals surface area contributed by atoms with E-state index in [0.29, 0.717) is 23.9 Å². The molecule has 1 saturated carbocycles. The summed E-state index contributed by atoms with van der Waals surface area (Å²) < 4.78 is 63.9. The molecule has 3 heterocycles. The van der Waals surface area contributed by atoms with Crippen molar-refractivity contribution in [3.63, 3.8) is 0 Å². The molecule has 2 atom stereocenters. The average molecular weight is 490 g/mol. The van der Waals surface area contributed by atoms with Crippen LogP contribution in [0.3, 0.4) is 0 Å². The molecule has 2 N–H and O–H groups in total. The lowest BCUT2D eigenvalue weighted by atomic mass is 10.00. The maximum Gasteiger partial charge on any atom is 0.404 e. The fraction of sp³-hybridized carbons (Fsp3) is 0.650. The number of nitrogens with one attached hydrogen (secondary N) is 1. The number of fused-ring (bicyclic) bond motifs is 1. The maximum absolute atomic E-state index is 12.7. The number of alkyl halides is 3. The van der Waals surface area contributed by atoms with Crippen molar-refractivity contribution in [2.24, 2.45) is 0 Å². The topological polar surface area (TPSA) is 117 Å². The van der Waals surface area contributed by atoms with Crippen molar-refractivity contribution in [2.45, 2.75) is 62.9 Å². The van der Waals surface area contributed by atoms with Crippen LogP contribution in [0.2, 0.25) is 0 Å². The maximum atomic E-state index is 12.7. The number of aromatic nitrogens is 3. The molecule has 182 valence electrons. The van der Waals surface area contributed by atoms with E-state index in [1.165, 1.54) is 10.6 Å². The van der Waals surface area contributed by atoms with Gasteiger partial charge in [0, 0.05) is 36.8 Å². The molecule has 1 saturated heterocycles. The first-order valence-electron chi connectivity index (χ1n) is 10.8. The molecule has 0 radical (unpaired) electrons. The Morgan fingerprint density at radius 2 is 1.94 bits per heavy atom. The Bertz CT molecular complexity index is 1190. The van der Waals surface area contributed by atoms with Gasteiger partial charge in [-0.05, 0) is 45.1 Å². The van der Waals surface area contributed by atoms with Crippen molar-refractivity contribution in [3.05, 3.63) is 28.7 Å². The summed E-state index contributed by atoms with van der Waals surface area (Å²) in [4.78, 5) is 21.4. The summed E-state index contributed by atoms with van der Waals surface area (Å²) in [6.45, 7) is 1.62. The molecule has 9 nitrogen and oxygen atoms in total. The molecule has 13 heteroatoms. The van der Waals surface area contributed by atoms with Gasteiger partial charge in [0.05, 0.1) is 11.6 Å². The Hall–Kier alpha value is -2.25. The molecule has 0 spiro atoms. The Balaban J connectivity index is 1.52. The van der Waals surface area contributed by atoms with Gasteiger partial charge < -0.3 is 10.4 Å². The van der Waals surface area contributed by atoms with E-state index < -0.39 is 33.6 Å². The summed E-state index contributed by atoms with van der Waals surface area (Å²) in [6, 6.07) is 2.38. The zero-order valence-corrected chi connectivity index (χ0v) is 18.9. The van der Waals surface area contributed by atoms with Crippen LogP contribution in [0.1, 0.15) is 45.1 Å². The molecule has 2 fully saturated rings. The highest BCUT2D eigenvalue weighted by Crippen LogP contribution is 2.39. The Labute approximate surface area is 188 Å². The van der Waals surface area contributed by atoms with Crippen molar-refractivity contribution >= 4 is 27.0 Å². The number of hydrogen-bond donors (Lipinski definition) is 2. The smallest absolute Gasteiger partial charge is 0.388 e. The third-order valence-corrected chi connectivity index (χ3v) is 8.23. The zero-order chi connectivity index (χ0) is 24.0. The van der Waals surface area contributed by atoms with Crippen LogP contribution in [0, 0.1) is 0 Å². The molecule has 2 aromatic rings. The zero-order valence-electron chi connectivity index (χ0n) is 18.0. The Morgan fingerprint density at radius 3 is 2.55 bits per heavy atom. The van der Waals surface area contributed by atoms with E-state index >= 15 is 0 Å². The van der Waals surface area contributed by atoms with Crippen molar-refractivity contribution in [2.75, 3.05) is 24.2 Å². The number of rotatable bonds is 5. The van der Waals surface area contributed by atoms with Crippen LogP contribution < -0.4 is 10.9 Å². The molecule has 1 aliphatic carbocycles. The summed E-state index contributed by atoms with van der Waals surface area (Å²) >= 11 is 0. The number of pyridine rings is 1. The highest BCUT2D eigenvalue weighted by atomic mass is 32.2. The molecule has 4 rings (SSSR count). The summed E-state index contributed by atoms with van der Waals surface area (Å²) in [6.07, 6.45) is -0.642. The minimum atomic E-state index is -4.79. The van der Waals surface area contributed by atoms with Gasteiger partial charge in [-0.1, -0.05) is 0 Å². The molecule has 0 aromatic carbocycles. The van der Waals surface area contributed by atoms with Crippen LogP contribution in [-0.2, 0) is 10.0 Å². The standard InChI is InChI=1S/C20H26F3N5O4S/c1-19(30)8-2-3-15(19)28-16(29)5-4-13-11-24-18(26-17(13)28)25-14-6-9-27(10-7-14)33(31,32)12-20(21,22)23/h4-5,11,14-15,30H,2-3,6-10,12H2,1H3,(H,24,25,26). The van der Waals surface area contributed by atoms with Gasteiger partial charge in [0.15, 0.2) is 5.75 Å². The number of halogens is 3. The van der Waals surface area contributed by atoms with Crippen LogP contribution in [0.5, 0.6) is 0 Å². The van der Waals surface area contributed by atoms with Crippen LogP contribution in [0.15, 0.2) is 23.1 Å². The first-order valence-corrected chi connectivity index (χ1v) is 12.4. The summed E-state index contributed by atoms with van der Waals surface area (Å²) in [7, 11) is -4.41. The van der Waals surface area contributed by atoms with Gasteiger partial charge >= 0.3 is 6.18 Å². The predicted octanol–water partition coefficient (Wildman–Crippen LogP) is 2.04. The lowest BCUT2D eigenvalue weighted by Crippen LogP contribution is -2.45. The van der Waals surface area contributed by atoms with E-state index in [1.54, 1.807) is 19.2 Å². The van der Waals surface area contributed by atoms with E-state index in [1.807, 2.05) is 0 Å². The van der Waals surface area contributed by atoms with E-state index in [-0.39, 0.29) is 43.5 Å². The van der Waals surface area contributed by atoms with Gasteiger partial charge in [0.1, 0.15) is 5.65 Å². The van der Waals surface area contributed by atoms with Crippen molar-refractivity contribution in [1.82, 2.24) is 18.8 Å². The van der Waals surface area contributed by atoms with E-state index in [4.69, 9.17) is 0 Å². The lowest BCUT2D eigenvalue weighted by Gasteiger charge is -2.32. The predicted molar refractivity (Wildman–Crippen MR) is 115 cm³/mol. The van der Waals surface area contributed by atoms with Gasteiger partial charge in [0.25, 0.3) is 5.56 Å². The highest BCUT2D eigenvalue weighted by molar-refractivity contribution is 7.89. The number of sulfonamides is 1. The lowest BCUT2D eigenvalue weighted by molar-refractivity contribution is -0.107. The van der Waals surface area contributed by atoms with Gasteiger partial charge in [-0.25, -0.2) is 17.7 Å². The molecule has 1 aliphatic heterocycles. The fourth-order valence-electron chi connectivity index (χ4n) is 4.71. The monoisotopic (exact) mass is 489 g/mol. The molecular weight excluding hydrogens is 463 g/mol. The van der Waals surface area contributed by atoms with Gasteiger partial charge in [-0.3, -0.25) is 9.36 Å². The molecule has 2 unspecified atom stereocenters. The largest absolute Gasteiger partial charge is 0.404 e. The fourth-order valence-corrected chi connectivity index (χ4v) is 6.07. The highest BCUT2D eigenvalue weighted by Gasteiger charge is 2.40. The van der Waals surface area contributed by atoms with Crippen molar-refractivity contribution < 1.29 is 26.7 Å². The van der Waals surface area contributed by atoms with Crippen LogP contribution >= 0.6 is 0 Å². The molecule has 0 bridgehead atoms. The average Bonchev–Trinajstić information content (AvgIpc) is 3.05. The quantitative estimate of drug-likeness (QED) is 0.660. The number of anilines is 1. The van der Waals surface area contributed by atoms with Crippen LogP contribution in [-0.4, -0.2) is 69.0 Å².